The van der Waals surface area contributed by atoms with Crippen LogP contribution in [0.5, 0.6) is 11.5 Å². The number of nitrogens with zero attached hydrogens (tertiary/aromatic N) is 2. The molecule has 158 valence electrons. The highest BCUT2D eigenvalue weighted by Crippen LogP contribution is 2.49. The van der Waals surface area contributed by atoms with E-state index in [-0.39, 0.29) is 21.6 Å². The van der Waals surface area contributed by atoms with Crippen LogP contribution in [0.4, 0.5) is 22.0 Å². The third kappa shape index (κ3) is 2.73. The Bertz CT molecular complexity index is 1110. The lowest BCUT2D eigenvalue weighted by molar-refractivity contribution is -0.391. The minimum absolute atomic E-state index is 0.0132. The fourth-order valence-electron chi connectivity index (χ4n) is 3.20. The quantitative estimate of drug-likeness (QED) is 0.651. The fourth-order valence-corrected chi connectivity index (χ4v) is 3.58. The van der Waals surface area contributed by atoms with Gasteiger partial charge in [-0.15, -0.1) is 0 Å². The molecule has 12 heteroatoms. The van der Waals surface area contributed by atoms with E-state index in [2.05, 4.69) is 30.4 Å². The summed E-state index contributed by atoms with van der Waals surface area (Å²) < 4.78 is 76.1. The Morgan fingerprint density at radius 1 is 1.00 bits per heavy atom. The van der Waals surface area contributed by atoms with Crippen molar-refractivity contribution in [2.45, 2.75) is 17.8 Å². The molecule has 1 unspecified atom stereocenters. The first-order valence-electron chi connectivity index (χ1n) is 8.26. The van der Waals surface area contributed by atoms with Crippen molar-refractivity contribution in [1.82, 2.24) is 4.90 Å². The monoisotopic (exact) mass is 491 g/mol. The molecule has 2 aliphatic heterocycles. The molecule has 1 amide bonds. The molecule has 2 aliphatic rings. The number of benzene rings is 2. The van der Waals surface area contributed by atoms with Gasteiger partial charge in [-0.3, -0.25) is 9.69 Å². The summed E-state index contributed by atoms with van der Waals surface area (Å²) in [5, 5.41) is 0. The topological polar surface area (TPSA) is 77.2 Å². The molecule has 0 fully saturated rings. The number of likely N-dealkylation sites (N-methyl/N-ethyl adjacent to an activating group) is 1. The second-order valence-corrected chi connectivity index (χ2v) is 7.43. The summed E-state index contributed by atoms with van der Waals surface area (Å²) in [6.45, 7) is 0. The minimum atomic E-state index is -4.94. The number of hydrogen-bond acceptors (Lipinski definition) is 5. The summed E-state index contributed by atoms with van der Waals surface area (Å²) in [5.41, 5.74) is 4.04. The molecule has 0 aliphatic carbocycles. The normalized spacial score (nSPS) is 24.0. The first-order valence-corrected chi connectivity index (χ1v) is 9.05. The second kappa shape index (κ2) is 6.30. The molecule has 6 nitrogen and oxygen atoms in total. The largest absolute Gasteiger partial charge is 0.507 e. The molecule has 0 saturated heterocycles. The van der Waals surface area contributed by atoms with E-state index in [1.165, 1.54) is 25.2 Å². The molecule has 2 aromatic rings. The lowest BCUT2D eigenvalue weighted by atomic mass is 9.82. The Morgan fingerprint density at radius 2 is 1.57 bits per heavy atom. The van der Waals surface area contributed by atoms with Crippen molar-refractivity contribution in [2.75, 3.05) is 7.05 Å². The molecule has 0 saturated carbocycles. The smallest absolute Gasteiger partial charge is 0.421 e. The van der Waals surface area contributed by atoms with Gasteiger partial charge >= 0.3 is 12.2 Å². The first kappa shape index (κ1) is 20.4. The van der Waals surface area contributed by atoms with Crippen molar-refractivity contribution >= 4 is 27.8 Å². The summed E-state index contributed by atoms with van der Waals surface area (Å²) in [6.07, 6.45) is -9.82. The maximum atomic E-state index is 13.8. The zero-order valence-electron chi connectivity index (χ0n) is 14.9. The number of hydrogen-bond donors (Lipinski definition) is 1. The maximum absolute atomic E-state index is 13.8. The maximum Gasteiger partial charge on any atom is 0.507 e. The summed E-state index contributed by atoms with van der Waals surface area (Å²) >= 11 is 3.02. The van der Waals surface area contributed by atoms with Gasteiger partial charge in [-0.2, -0.15) is 17.6 Å². The molecule has 0 bridgehead atoms. The van der Waals surface area contributed by atoms with E-state index in [4.69, 9.17) is 5.73 Å². The van der Waals surface area contributed by atoms with Gasteiger partial charge in [-0.05, 0) is 51.3 Å². The highest BCUT2D eigenvalue weighted by Gasteiger charge is 2.66. The van der Waals surface area contributed by atoms with E-state index in [0.29, 0.717) is 0 Å². The summed E-state index contributed by atoms with van der Waals surface area (Å²) in [5.74, 6) is -2.85. The SMILES string of the molecule is CN1C(=O)C(c2ccc(F)c(Br)c2)(c2ccc3c(c2)OC(F)(F)C(F)(F)O3)N=C1N. The Morgan fingerprint density at radius 3 is 2.13 bits per heavy atom. The average Bonchev–Trinajstić information content (AvgIpc) is 2.89. The van der Waals surface area contributed by atoms with E-state index in [0.717, 1.165) is 23.1 Å². The Hall–Kier alpha value is -2.89. The van der Waals surface area contributed by atoms with Crippen LogP contribution in [-0.4, -0.2) is 36.0 Å². The van der Waals surface area contributed by atoms with Gasteiger partial charge in [0.05, 0.1) is 4.47 Å². The van der Waals surface area contributed by atoms with E-state index in [1.807, 2.05) is 0 Å². The molecule has 30 heavy (non-hydrogen) atoms. The molecular weight excluding hydrogens is 481 g/mol. The fraction of sp³-hybridized carbons (Fsp3) is 0.222. The van der Waals surface area contributed by atoms with Gasteiger partial charge in [0.15, 0.2) is 23.0 Å². The molecule has 4 rings (SSSR count). The number of aliphatic imine (C=N–C) groups is 1. The van der Waals surface area contributed by atoms with E-state index >= 15 is 0 Å². The third-order valence-electron chi connectivity index (χ3n) is 4.75. The zero-order valence-corrected chi connectivity index (χ0v) is 16.5. The van der Waals surface area contributed by atoms with Gasteiger partial charge in [0.1, 0.15) is 5.82 Å². The predicted octanol–water partition coefficient (Wildman–Crippen LogP) is 3.58. The number of carbonyl (C=O) groups excluding carboxylic acids is 1. The minimum Gasteiger partial charge on any atom is -0.421 e. The van der Waals surface area contributed by atoms with Crippen LogP contribution in [0.3, 0.4) is 0 Å². The zero-order chi connectivity index (χ0) is 22.1. The van der Waals surface area contributed by atoms with E-state index in [9.17, 15) is 26.7 Å². The number of halogens is 6. The summed E-state index contributed by atoms with van der Waals surface area (Å²) in [4.78, 5) is 18.3. The van der Waals surface area contributed by atoms with Gasteiger partial charge in [-0.25, -0.2) is 9.38 Å². The Balaban J connectivity index is 1.93. The molecular formula is C18H11BrF5N3O3. The number of fused-ring (bicyclic) bond motifs is 1. The number of alkyl halides is 4. The van der Waals surface area contributed by atoms with Crippen LogP contribution in [0.1, 0.15) is 11.1 Å². The second-order valence-electron chi connectivity index (χ2n) is 6.57. The van der Waals surface area contributed by atoms with Crippen LogP contribution >= 0.6 is 15.9 Å². The molecule has 0 radical (unpaired) electrons. The molecule has 1 atom stereocenters. The van der Waals surface area contributed by atoms with Crippen molar-refractivity contribution in [1.29, 1.82) is 0 Å². The summed E-state index contributed by atoms with van der Waals surface area (Å²) in [7, 11) is 1.34. The van der Waals surface area contributed by atoms with Crippen LogP contribution in [0.2, 0.25) is 0 Å². The van der Waals surface area contributed by atoms with Crippen molar-refractivity contribution in [3.05, 3.63) is 57.8 Å². The van der Waals surface area contributed by atoms with Gasteiger partial charge < -0.3 is 15.2 Å². The first-order chi connectivity index (χ1) is 13.9. The standard InChI is InChI=1S/C18H11BrF5N3O3/c1-27-14(28)16(26-15(27)25,8-2-4-11(20)10(19)6-8)9-3-5-12-13(7-9)30-18(23,24)17(21,22)29-12/h2-7H,1H3,(H2,25,26). The molecule has 2 heterocycles. The molecule has 0 aromatic heterocycles. The number of guanidine groups is 1. The lowest BCUT2D eigenvalue weighted by Crippen LogP contribution is -2.52. The van der Waals surface area contributed by atoms with Gasteiger partial charge in [-0.1, -0.05) is 12.1 Å². The van der Waals surface area contributed by atoms with Crippen LogP contribution in [-0.2, 0) is 10.3 Å². The van der Waals surface area contributed by atoms with Crippen molar-refractivity contribution < 1.29 is 36.2 Å². The van der Waals surface area contributed by atoms with Gasteiger partial charge in [0, 0.05) is 7.05 Å². The highest BCUT2D eigenvalue weighted by molar-refractivity contribution is 9.10. The van der Waals surface area contributed by atoms with Crippen LogP contribution in [0.25, 0.3) is 0 Å². The van der Waals surface area contributed by atoms with Crippen LogP contribution < -0.4 is 15.2 Å². The van der Waals surface area contributed by atoms with E-state index in [1.54, 1.807) is 0 Å². The van der Waals surface area contributed by atoms with Gasteiger partial charge in [0.25, 0.3) is 5.91 Å². The van der Waals surface area contributed by atoms with E-state index < -0.39 is 41.0 Å². The molecule has 2 N–H and O–H groups in total. The Labute approximate surface area is 174 Å². The number of carbonyl (C=O) groups is 1. The van der Waals surface area contributed by atoms with Gasteiger partial charge in [0.2, 0.25) is 0 Å². The number of rotatable bonds is 2. The highest BCUT2D eigenvalue weighted by atomic mass is 79.9. The molecule has 2 aromatic carbocycles. The van der Waals surface area contributed by atoms with Crippen molar-refractivity contribution in [3.8, 4) is 11.5 Å². The Kier molecular flexibility index (Phi) is 4.28. The average molecular weight is 492 g/mol. The summed E-state index contributed by atoms with van der Waals surface area (Å²) in [6, 6.07) is 6.70. The van der Waals surface area contributed by atoms with Crippen LogP contribution in [0.15, 0.2) is 45.9 Å². The number of nitrogens with two attached hydrogens (primary N) is 1. The van der Waals surface area contributed by atoms with Crippen LogP contribution in [0, 0.1) is 5.82 Å². The molecule has 0 spiro atoms. The van der Waals surface area contributed by atoms with Crippen molar-refractivity contribution in [3.63, 3.8) is 0 Å². The van der Waals surface area contributed by atoms with Crippen molar-refractivity contribution in [2.24, 2.45) is 10.7 Å². The number of ether oxygens (including phenoxy) is 2. The number of amides is 1. The predicted molar refractivity (Wildman–Crippen MR) is 96.9 cm³/mol. The lowest BCUT2D eigenvalue weighted by Gasteiger charge is -2.33. The third-order valence-corrected chi connectivity index (χ3v) is 5.36.